The molecule has 0 radical (unpaired) electrons. The van der Waals surface area contributed by atoms with Gasteiger partial charge in [0.05, 0.1) is 10.4 Å². The third-order valence-electron chi connectivity index (χ3n) is 6.16. The minimum atomic E-state index is -0.721. The van der Waals surface area contributed by atoms with Crippen LogP contribution in [0, 0.1) is 5.92 Å². The molecule has 5 rings (SSSR count). The standard InChI is InChI=1S/C26H21Br2N3O3/c1-14-23(26(33)31-22-12-9-17(28)13-29-22)25(24-18(30-14)3-2-4-19(24)32)21-11-10-20(34-21)15-5-7-16(27)8-6-15/h5-13,23,25,30H,1-4H2,(H,29,31,33)/p+1. The van der Waals surface area contributed by atoms with E-state index in [1.54, 1.807) is 12.3 Å². The Balaban J connectivity index is 1.55. The molecule has 0 saturated heterocycles. The van der Waals surface area contributed by atoms with Crippen molar-refractivity contribution in [2.75, 3.05) is 5.32 Å². The summed E-state index contributed by atoms with van der Waals surface area (Å²) in [5.74, 6) is 0.289. The summed E-state index contributed by atoms with van der Waals surface area (Å²) < 4.78 is 8.12. The van der Waals surface area contributed by atoms with E-state index in [0.717, 1.165) is 33.0 Å². The number of hydrogen-bond acceptors (Lipinski definition) is 4. The number of allylic oxidation sites excluding steroid dienone is 2. The second-order valence-corrected chi connectivity index (χ2v) is 10.2. The van der Waals surface area contributed by atoms with Gasteiger partial charge in [0, 0.05) is 39.5 Å². The molecule has 0 spiro atoms. The highest BCUT2D eigenvalue weighted by Gasteiger charge is 2.46. The summed E-state index contributed by atoms with van der Waals surface area (Å²) >= 11 is 6.83. The summed E-state index contributed by atoms with van der Waals surface area (Å²) in [7, 11) is 0. The quantitative estimate of drug-likeness (QED) is 0.410. The number of ketones is 1. The van der Waals surface area contributed by atoms with Gasteiger partial charge in [-0.15, -0.1) is 0 Å². The molecule has 3 heterocycles. The summed E-state index contributed by atoms with van der Waals surface area (Å²) in [5, 5.41) is 6.19. The maximum Gasteiger partial charge on any atom is 0.317 e. The maximum atomic E-state index is 13.5. The number of amides is 1. The van der Waals surface area contributed by atoms with Crippen molar-refractivity contribution in [3.8, 4) is 11.3 Å². The van der Waals surface area contributed by atoms with Crippen LogP contribution in [-0.4, -0.2) is 11.7 Å². The van der Waals surface area contributed by atoms with Crippen molar-refractivity contribution in [3.05, 3.63) is 93.0 Å². The van der Waals surface area contributed by atoms with Gasteiger partial charge in [0.25, 0.3) is 5.82 Å². The number of aromatic nitrogens is 1. The number of rotatable bonds is 4. The first-order valence-electron chi connectivity index (χ1n) is 11.0. The average Bonchev–Trinajstić information content (AvgIpc) is 3.30. The number of nitrogens with one attached hydrogen (secondary N) is 3. The molecule has 8 heteroatoms. The molecule has 1 aliphatic heterocycles. The van der Waals surface area contributed by atoms with Gasteiger partial charge in [-0.05, 0) is 59.1 Å². The van der Waals surface area contributed by atoms with Crippen molar-refractivity contribution in [1.82, 2.24) is 5.32 Å². The number of H-pyrrole nitrogens is 1. The summed E-state index contributed by atoms with van der Waals surface area (Å²) in [6, 6.07) is 15.1. The lowest BCUT2D eigenvalue weighted by Gasteiger charge is -2.36. The Morgan fingerprint density at radius 3 is 2.56 bits per heavy atom. The first-order valence-corrected chi connectivity index (χ1v) is 12.5. The first-order chi connectivity index (χ1) is 16.4. The van der Waals surface area contributed by atoms with Crippen LogP contribution in [0.2, 0.25) is 0 Å². The van der Waals surface area contributed by atoms with Crippen molar-refractivity contribution in [1.29, 1.82) is 0 Å². The lowest BCUT2D eigenvalue weighted by Crippen LogP contribution is -2.42. The molecule has 1 aromatic carbocycles. The lowest BCUT2D eigenvalue weighted by molar-refractivity contribution is -0.361. The molecule has 2 unspecified atom stereocenters. The molecule has 1 aliphatic carbocycles. The third-order valence-corrected chi connectivity index (χ3v) is 7.19. The SMILES string of the molecule is C=C1NC2=C(C(=O)CCC2)C(c2ccc(-c3ccc(Br)cc3)o2)C1C(=O)Nc1ccc(Br)c[nH+]1. The number of benzene rings is 1. The Labute approximate surface area is 213 Å². The second kappa shape index (κ2) is 9.35. The Kier molecular flexibility index (Phi) is 6.27. The van der Waals surface area contributed by atoms with E-state index in [4.69, 9.17) is 4.42 Å². The zero-order valence-corrected chi connectivity index (χ0v) is 21.3. The molecule has 0 fully saturated rings. The van der Waals surface area contributed by atoms with Crippen LogP contribution in [0.4, 0.5) is 5.82 Å². The van der Waals surface area contributed by atoms with Gasteiger partial charge < -0.3 is 9.73 Å². The number of carbonyl (C=O) groups is 2. The van der Waals surface area contributed by atoms with E-state index >= 15 is 0 Å². The fourth-order valence-electron chi connectivity index (χ4n) is 4.59. The fourth-order valence-corrected chi connectivity index (χ4v) is 5.10. The number of pyridine rings is 1. The highest BCUT2D eigenvalue weighted by Crippen LogP contribution is 2.45. The van der Waals surface area contributed by atoms with E-state index in [9.17, 15) is 9.59 Å². The van der Waals surface area contributed by atoms with Gasteiger partial charge in [0.1, 0.15) is 23.6 Å². The van der Waals surface area contributed by atoms with Gasteiger partial charge in [-0.25, -0.2) is 15.1 Å². The van der Waals surface area contributed by atoms with Gasteiger partial charge in [-0.3, -0.25) is 4.79 Å². The lowest BCUT2D eigenvalue weighted by atomic mass is 9.73. The molecule has 3 aromatic rings. The van der Waals surface area contributed by atoms with Crippen molar-refractivity contribution in [2.24, 2.45) is 5.92 Å². The first kappa shape index (κ1) is 22.8. The number of Topliss-reactive ketones (excluding diaryl/α,β-unsaturated/α-hetero) is 1. The molecule has 6 nitrogen and oxygen atoms in total. The number of aromatic amines is 1. The van der Waals surface area contributed by atoms with Gasteiger partial charge in [-0.1, -0.05) is 34.6 Å². The predicted octanol–water partition coefficient (Wildman–Crippen LogP) is 5.75. The average molecular weight is 584 g/mol. The second-order valence-electron chi connectivity index (χ2n) is 8.39. The van der Waals surface area contributed by atoms with Gasteiger partial charge in [-0.2, -0.15) is 0 Å². The molecule has 3 N–H and O–H groups in total. The molecule has 34 heavy (non-hydrogen) atoms. The van der Waals surface area contributed by atoms with Crippen LogP contribution in [0.3, 0.4) is 0 Å². The molecular formula is C26H22Br2N3O3+. The Bertz CT molecular complexity index is 1310. The van der Waals surface area contributed by atoms with Crippen LogP contribution in [0.5, 0.6) is 0 Å². The van der Waals surface area contributed by atoms with Crippen LogP contribution in [0.15, 0.2) is 91.6 Å². The molecule has 172 valence electrons. The van der Waals surface area contributed by atoms with E-state index in [-0.39, 0.29) is 11.7 Å². The van der Waals surface area contributed by atoms with Crippen molar-refractivity contribution >= 4 is 49.4 Å². The fraction of sp³-hybridized carbons (Fsp3) is 0.192. The number of carbonyl (C=O) groups excluding carboxylic acids is 2. The molecule has 2 aromatic heterocycles. The predicted molar refractivity (Wildman–Crippen MR) is 136 cm³/mol. The molecule has 0 bridgehead atoms. The van der Waals surface area contributed by atoms with Crippen LogP contribution >= 0.6 is 31.9 Å². The van der Waals surface area contributed by atoms with Crippen molar-refractivity contribution in [3.63, 3.8) is 0 Å². The van der Waals surface area contributed by atoms with E-state index in [2.05, 4.69) is 54.1 Å². The van der Waals surface area contributed by atoms with E-state index in [1.165, 1.54) is 0 Å². The van der Waals surface area contributed by atoms with Crippen LogP contribution in [0.1, 0.15) is 30.9 Å². The van der Waals surface area contributed by atoms with E-state index in [0.29, 0.717) is 35.0 Å². The molecule has 1 amide bonds. The smallest absolute Gasteiger partial charge is 0.317 e. The monoisotopic (exact) mass is 582 g/mol. The maximum absolute atomic E-state index is 13.5. The van der Waals surface area contributed by atoms with Gasteiger partial charge in [0.15, 0.2) is 5.78 Å². The van der Waals surface area contributed by atoms with Crippen molar-refractivity contribution in [2.45, 2.75) is 25.2 Å². The van der Waals surface area contributed by atoms with E-state index < -0.39 is 11.8 Å². The van der Waals surface area contributed by atoms with Crippen LogP contribution in [0.25, 0.3) is 11.3 Å². The summed E-state index contributed by atoms with van der Waals surface area (Å²) in [6.45, 7) is 4.16. The molecular weight excluding hydrogens is 562 g/mol. The normalized spacial score (nSPS) is 20.1. The number of anilines is 1. The Hall–Kier alpha value is -2.97. The number of furan rings is 1. The third kappa shape index (κ3) is 4.40. The largest absolute Gasteiger partial charge is 0.460 e. The van der Waals surface area contributed by atoms with Crippen LogP contribution in [-0.2, 0) is 9.59 Å². The minimum Gasteiger partial charge on any atom is -0.460 e. The minimum absolute atomic E-state index is 0.0424. The molecule has 0 saturated carbocycles. The summed E-state index contributed by atoms with van der Waals surface area (Å²) in [6.07, 6.45) is 3.71. The zero-order chi connectivity index (χ0) is 23.8. The molecule has 2 aliphatic rings. The Morgan fingerprint density at radius 1 is 1.06 bits per heavy atom. The highest BCUT2D eigenvalue weighted by molar-refractivity contribution is 9.10. The summed E-state index contributed by atoms with van der Waals surface area (Å²) in [4.78, 5) is 29.6. The number of halogens is 2. The number of hydrogen-bond donors (Lipinski definition) is 2. The van der Waals surface area contributed by atoms with E-state index in [1.807, 2.05) is 42.5 Å². The van der Waals surface area contributed by atoms with Crippen LogP contribution < -0.4 is 15.6 Å². The summed E-state index contributed by atoms with van der Waals surface area (Å²) in [5.41, 5.74) is 2.92. The molecule has 2 atom stereocenters. The topological polar surface area (TPSA) is 85.5 Å². The van der Waals surface area contributed by atoms with Crippen molar-refractivity contribution < 1.29 is 19.0 Å². The van der Waals surface area contributed by atoms with Gasteiger partial charge >= 0.3 is 5.91 Å². The highest BCUT2D eigenvalue weighted by atomic mass is 79.9. The zero-order valence-electron chi connectivity index (χ0n) is 18.2. The Morgan fingerprint density at radius 2 is 1.82 bits per heavy atom. The van der Waals surface area contributed by atoms with Gasteiger partial charge in [0.2, 0.25) is 0 Å².